The fourth-order valence-electron chi connectivity index (χ4n) is 3.99. The number of benzene rings is 3. The Hall–Kier alpha value is -3.23. The van der Waals surface area contributed by atoms with Gasteiger partial charge in [0.05, 0.1) is 15.8 Å². The molecule has 6 nitrogen and oxygen atoms in total. The van der Waals surface area contributed by atoms with Crippen molar-refractivity contribution in [2.75, 3.05) is 6.54 Å². The zero-order valence-electron chi connectivity index (χ0n) is 19.6. The minimum atomic E-state index is -4.86. The zero-order chi connectivity index (χ0) is 29.5. The minimum Gasteiger partial charge on any atom is -0.328 e. The van der Waals surface area contributed by atoms with Gasteiger partial charge in [-0.15, -0.1) is 0 Å². The molecule has 0 bridgehead atoms. The molecule has 0 fully saturated rings. The number of fused-ring (bicyclic) bond motifs is 1. The van der Waals surface area contributed by atoms with Crippen molar-refractivity contribution in [2.45, 2.75) is 23.5 Å². The molecule has 0 aromatic heterocycles. The monoisotopic (exact) mass is 626 g/mol. The Morgan fingerprint density at radius 2 is 1.57 bits per heavy atom. The van der Waals surface area contributed by atoms with Crippen molar-refractivity contribution in [3.05, 3.63) is 81.1 Å². The summed E-state index contributed by atoms with van der Waals surface area (Å²) >= 11 is 11.8. The summed E-state index contributed by atoms with van der Waals surface area (Å²) in [4.78, 5) is 24.2. The van der Waals surface area contributed by atoms with Crippen molar-refractivity contribution in [1.29, 1.82) is 0 Å². The van der Waals surface area contributed by atoms with Crippen LogP contribution in [0.25, 0.3) is 10.8 Å². The summed E-state index contributed by atoms with van der Waals surface area (Å²) in [6, 6.07) is 9.19. The van der Waals surface area contributed by atoms with Crippen molar-refractivity contribution in [3.8, 4) is 0 Å². The molecule has 1 aliphatic heterocycles. The van der Waals surface area contributed by atoms with Crippen LogP contribution < -0.4 is 16.2 Å². The van der Waals surface area contributed by atoms with Crippen LogP contribution >= 0.6 is 35.1 Å². The largest absolute Gasteiger partial charge is 0.409 e. The van der Waals surface area contributed by atoms with Gasteiger partial charge in [0.1, 0.15) is 6.54 Å². The van der Waals surface area contributed by atoms with E-state index >= 15 is 0 Å². The lowest BCUT2D eigenvalue weighted by Gasteiger charge is -2.30. The van der Waals surface area contributed by atoms with E-state index in [1.54, 1.807) is 17.6 Å². The Bertz CT molecular complexity index is 1510. The van der Waals surface area contributed by atoms with Crippen LogP contribution in [0.2, 0.25) is 10.0 Å². The number of hydrogen-bond donors (Lipinski definition) is 3. The molecule has 1 heterocycles. The van der Waals surface area contributed by atoms with Gasteiger partial charge in [-0.3, -0.25) is 10.2 Å². The van der Waals surface area contributed by atoms with E-state index in [0.717, 1.165) is 12.1 Å². The van der Waals surface area contributed by atoms with Crippen LogP contribution in [-0.2, 0) is 4.75 Å². The number of rotatable bonds is 4. The molecule has 0 spiro atoms. The Labute approximate surface area is 235 Å². The van der Waals surface area contributed by atoms with E-state index in [-0.39, 0.29) is 34.2 Å². The molecule has 1 unspecified atom stereocenters. The molecule has 1 aliphatic rings. The second-order valence-electron chi connectivity index (χ2n) is 8.47. The number of halogens is 9. The summed E-state index contributed by atoms with van der Waals surface area (Å²) in [5, 5.41) is 0.957. The molecule has 3 aromatic carbocycles. The van der Waals surface area contributed by atoms with Crippen LogP contribution in [0.3, 0.4) is 0 Å². The molecule has 40 heavy (non-hydrogen) atoms. The third-order valence-corrected chi connectivity index (χ3v) is 7.64. The van der Waals surface area contributed by atoms with Crippen molar-refractivity contribution in [1.82, 2.24) is 16.2 Å². The summed E-state index contributed by atoms with van der Waals surface area (Å²) in [6.45, 7) is -1.62. The van der Waals surface area contributed by atoms with Crippen LogP contribution in [-0.4, -0.2) is 36.5 Å². The number of nitrogens with zero attached hydrogens (tertiary/aromatic N) is 1. The fourth-order valence-corrected chi connectivity index (χ4v) is 5.44. The summed E-state index contributed by atoms with van der Waals surface area (Å²) < 4.78 is 95.6. The van der Waals surface area contributed by atoms with E-state index < -0.39 is 63.4 Å². The molecular weight excluding hydrogens is 612 g/mol. The van der Waals surface area contributed by atoms with Gasteiger partial charge in [0.15, 0.2) is 10.6 Å². The van der Waals surface area contributed by atoms with Crippen molar-refractivity contribution in [2.24, 2.45) is 4.40 Å². The van der Waals surface area contributed by atoms with Crippen molar-refractivity contribution in [3.63, 3.8) is 0 Å². The molecule has 3 aromatic rings. The fraction of sp³-hybridized carbons (Fsp3) is 0.208. The maximum absolute atomic E-state index is 14.5. The van der Waals surface area contributed by atoms with Crippen LogP contribution in [0.5, 0.6) is 0 Å². The maximum Gasteiger partial charge on any atom is 0.409 e. The molecular formula is C24H15Cl2F7N4O2S. The third-order valence-electron chi connectivity index (χ3n) is 5.85. The molecule has 0 radical (unpaired) electrons. The Morgan fingerprint density at radius 3 is 2.17 bits per heavy atom. The SMILES string of the molecule is O=C(NCC(F)(F)F)NNC(=O)c1ccc(C2=NSC(c3cc(Cl)c(F)c(Cl)c3)(C(F)(F)F)C2)c2ccccc12. The Balaban J connectivity index is 1.63. The number of alkyl halides is 6. The van der Waals surface area contributed by atoms with Crippen molar-refractivity contribution < 1.29 is 40.3 Å². The molecule has 3 N–H and O–H groups in total. The second-order valence-corrected chi connectivity index (χ2v) is 10.3. The average molecular weight is 627 g/mol. The van der Waals surface area contributed by atoms with Crippen LogP contribution in [0.1, 0.15) is 27.9 Å². The van der Waals surface area contributed by atoms with Gasteiger partial charge in [-0.2, -0.15) is 26.3 Å². The highest BCUT2D eigenvalue weighted by Crippen LogP contribution is 2.57. The standard InChI is InChI=1S/C24H15Cl2F7N4O2S/c25-16-7-11(8-17(26)19(16)27)22(24(31,32)33)9-18(37-40-22)14-5-6-15(13-4-2-1-3-12(13)14)20(38)35-36-21(39)34-10-23(28,29)30/h1-8H,9-10H2,(H,35,38)(H2,34,36,39). The predicted molar refractivity (Wildman–Crippen MR) is 137 cm³/mol. The van der Waals surface area contributed by atoms with E-state index in [1.165, 1.54) is 29.6 Å². The number of carbonyl (C=O) groups excluding carboxylic acids is 2. The number of carbonyl (C=O) groups is 2. The van der Waals surface area contributed by atoms with Crippen LogP contribution in [0, 0.1) is 5.82 Å². The van der Waals surface area contributed by atoms with E-state index in [2.05, 4.69) is 4.40 Å². The number of urea groups is 1. The van der Waals surface area contributed by atoms with Gasteiger partial charge in [-0.05, 0) is 46.5 Å². The minimum absolute atomic E-state index is 0.0201. The van der Waals surface area contributed by atoms with Gasteiger partial charge < -0.3 is 5.32 Å². The van der Waals surface area contributed by atoms with Gasteiger partial charge >= 0.3 is 18.4 Å². The van der Waals surface area contributed by atoms with E-state index in [9.17, 15) is 40.3 Å². The smallest absolute Gasteiger partial charge is 0.328 e. The van der Waals surface area contributed by atoms with E-state index in [4.69, 9.17) is 23.2 Å². The van der Waals surface area contributed by atoms with Gasteiger partial charge in [0.2, 0.25) is 0 Å². The highest BCUT2D eigenvalue weighted by molar-refractivity contribution is 7.99. The van der Waals surface area contributed by atoms with Gasteiger partial charge in [-0.1, -0.05) is 53.5 Å². The number of amides is 3. The molecule has 0 aliphatic carbocycles. The van der Waals surface area contributed by atoms with Gasteiger partial charge in [0, 0.05) is 17.5 Å². The lowest BCUT2D eigenvalue weighted by molar-refractivity contribution is -0.159. The normalized spacial score (nSPS) is 17.5. The molecule has 1 atom stereocenters. The lowest BCUT2D eigenvalue weighted by atomic mass is 9.87. The molecule has 4 rings (SSSR count). The predicted octanol–water partition coefficient (Wildman–Crippen LogP) is 7.09. The van der Waals surface area contributed by atoms with Gasteiger partial charge in [0.25, 0.3) is 5.91 Å². The number of hydrazine groups is 1. The summed E-state index contributed by atoms with van der Waals surface area (Å²) in [7, 11) is 0. The number of hydrogen-bond acceptors (Lipinski definition) is 4. The summed E-state index contributed by atoms with van der Waals surface area (Å²) in [5.41, 5.74) is 3.64. The average Bonchev–Trinajstić information content (AvgIpc) is 3.35. The maximum atomic E-state index is 14.5. The number of nitrogens with one attached hydrogen (secondary N) is 3. The summed E-state index contributed by atoms with van der Waals surface area (Å²) in [5.74, 6) is -1.95. The van der Waals surface area contributed by atoms with Crippen molar-refractivity contribution >= 4 is 63.6 Å². The molecule has 0 saturated heterocycles. The molecule has 212 valence electrons. The first-order valence-electron chi connectivity index (χ1n) is 11.0. The topological polar surface area (TPSA) is 82.6 Å². The first-order valence-corrected chi connectivity index (χ1v) is 12.6. The highest BCUT2D eigenvalue weighted by atomic mass is 35.5. The second kappa shape index (κ2) is 11.0. The summed E-state index contributed by atoms with van der Waals surface area (Å²) in [6.07, 6.45) is -10.2. The Kier molecular flexibility index (Phi) is 8.16. The van der Waals surface area contributed by atoms with Crippen LogP contribution in [0.15, 0.2) is 52.9 Å². The molecule has 3 amide bonds. The van der Waals surface area contributed by atoms with E-state index in [1.807, 2.05) is 5.43 Å². The highest BCUT2D eigenvalue weighted by Gasteiger charge is 2.60. The Morgan fingerprint density at radius 1 is 0.950 bits per heavy atom. The van der Waals surface area contributed by atoms with Gasteiger partial charge in [-0.25, -0.2) is 19.0 Å². The zero-order valence-corrected chi connectivity index (χ0v) is 21.9. The van der Waals surface area contributed by atoms with E-state index in [0.29, 0.717) is 5.39 Å². The lowest BCUT2D eigenvalue weighted by Crippen LogP contribution is -2.49. The third kappa shape index (κ3) is 5.93. The molecule has 0 saturated carbocycles. The first kappa shape index (κ1) is 29.7. The first-order chi connectivity index (χ1) is 18.6. The molecule has 16 heteroatoms. The quantitative estimate of drug-likeness (QED) is 0.125. The van der Waals surface area contributed by atoms with Crippen LogP contribution in [0.4, 0.5) is 35.5 Å².